The van der Waals surface area contributed by atoms with E-state index in [0.29, 0.717) is 34.7 Å². The van der Waals surface area contributed by atoms with E-state index in [9.17, 15) is 23.1 Å². The lowest BCUT2D eigenvalue weighted by molar-refractivity contribution is -0.139. The van der Waals surface area contributed by atoms with Crippen molar-refractivity contribution in [3.8, 4) is 16.3 Å². The molecule has 0 aliphatic heterocycles. The Balaban J connectivity index is 1.73. The molecule has 3 aromatic rings. The first-order valence-corrected chi connectivity index (χ1v) is 11.6. The van der Waals surface area contributed by atoms with E-state index in [1.54, 1.807) is 25.1 Å². The second kappa shape index (κ2) is 10.6. The lowest BCUT2D eigenvalue weighted by atomic mass is 10.00. The summed E-state index contributed by atoms with van der Waals surface area (Å²) in [4.78, 5) is 16.3. The van der Waals surface area contributed by atoms with E-state index in [2.05, 4.69) is 4.98 Å². The van der Waals surface area contributed by atoms with E-state index in [-0.39, 0.29) is 5.92 Å². The second-order valence-corrected chi connectivity index (χ2v) is 9.40. The third-order valence-electron chi connectivity index (χ3n) is 5.31. The Labute approximate surface area is 199 Å². The maximum Gasteiger partial charge on any atom is 0.416 e. The molecule has 0 unspecified atom stereocenters. The van der Waals surface area contributed by atoms with Gasteiger partial charge in [0.1, 0.15) is 10.8 Å². The molecule has 1 heterocycles. The maximum absolute atomic E-state index is 12.9. The second-order valence-electron chi connectivity index (χ2n) is 8.32. The van der Waals surface area contributed by atoms with Gasteiger partial charge < -0.3 is 14.9 Å². The average Bonchev–Trinajstić information content (AvgIpc) is 3.20. The summed E-state index contributed by atoms with van der Waals surface area (Å²) in [5, 5.41) is 20.1. The number of hydrogen-bond acceptors (Lipinski definition) is 5. The number of thiazole rings is 1. The van der Waals surface area contributed by atoms with Gasteiger partial charge in [0.05, 0.1) is 17.4 Å². The molecule has 1 atom stereocenters. The minimum atomic E-state index is -4.38. The van der Waals surface area contributed by atoms with Crippen molar-refractivity contribution in [3.05, 3.63) is 69.7 Å². The Bertz CT molecular complexity index is 1140. The van der Waals surface area contributed by atoms with Crippen LogP contribution in [-0.4, -0.2) is 27.8 Å². The predicted molar refractivity (Wildman–Crippen MR) is 124 cm³/mol. The van der Waals surface area contributed by atoms with Crippen molar-refractivity contribution in [3.63, 3.8) is 0 Å². The van der Waals surface area contributed by atoms with Crippen molar-refractivity contribution in [2.45, 2.75) is 51.8 Å². The van der Waals surface area contributed by atoms with Crippen molar-refractivity contribution in [2.75, 3.05) is 6.61 Å². The zero-order valence-corrected chi connectivity index (χ0v) is 19.8. The minimum Gasteiger partial charge on any atom is -0.482 e. The third kappa shape index (κ3) is 6.36. The number of hydrogen-bond donors (Lipinski definition) is 2. The smallest absolute Gasteiger partial charge is 0.416 e. The molecule has 5 nitrogen and oxygen atoms in total. The summed E-state index contributed by atoms with van der Waals surface area (Å²) in [5.74, 6) is -0.492. The van der Waals surface area contributed by atoms with Crippen LogP contribution >= 0.6 is 11.3 Å². The molecule has 0 saturated carbocycles. The van der Waals surface area contributed by atoms with Crippen LogP contribution in [0.15, 0.2) is 42.5 Å². The number of aryl methyl sites for hydroxylation is 2. The minimum absolute atomic E-state index is 0.125. The number of aliphatic carboxylic acids is 1. The summed E-state index contributed by atoms with van der Waals surface area (Å²) in [7, 11) is 0. The molecule has 2 aromatic carbocycles. The van der Waals surface area contributed by atoms with Gasteiger partial charge in [0, 0.05) is 10.4 Å². The molecule has 0 saturated heterocycles. The highest BCUT2D eigenvalue weighted by Crippen LogP contribution is 2.36. The van der Waals surface area contributed by atoms with Crippen LogP contribution in [0, 0.1) is 6.92 Å². The monoisotopic (exact) mass is 493 g/mol. The summed E-state index contributed by atoms with van der Waals surface area (Å²) in [6.45, 7) is 5.35. The summed E-state index contributed by atoms with van der Waals surface area (Å²) >= 11 is 1.43. The number of ether oxygens (including phenoxy) is 1. The number of carboxylic acids is 1. The fraction of sp³-hybridized carbons (Fsp3) is 0.360. The van der Waals surface area contributed by atoms with Gasteiger partial charge in [0.2, 0.25) is 0 Å². The van der Waals surface area contributed by atoms with Crippen LogP contribution in [0.2, 0.25) is 0 Å². The summed E-state index contributed by atoms with van der Waals surface area (Å²) < 4.78 is 43.8. The van der Waals surface area contributed by atoms with Gasteiger partial charge in [-0.15, -0.1) is 11.3 Å². The summed E-state index contributed by atoms with van der Waals surface area (Å²) in [6, 6.07) is 10.1. The average molecular weight is 494 g/mol. The molecule has 1 aromatic heterocycles. The molecule has 182 valence electrons. The zero-order chi connectivity index (χ0) is 25.0. The molecule has 0 aliphatic carbocycles. The van der Waals surface area contributed by atoms with E-state index in [0.717, 1.165) is 28.3 Å². The van der Waals surface area contributed by atoms with E-state index < -0.39 is 30.4 Å². The van der Waals surface area contributed by atoms with Gasteiger partial charge in [-0.25, -0.2) is 9.78 Å². The van der Waals surface area contributed by atoms with Crippen molar-refractivity contribution in [1.29, 1.82) is 0 Å². The molecule has 0 spiro atoms. The molecular formula is C25H26F3NO4S. The Morgan fingerprint density at radius 1 is 1.15 bits per heavy atom. The van der Waals surface area contributed by atoms with Crippen molar-refractivity contribution in [2.24, 2.45) is 0 Å². The predicted octanol–water partition coefficient (Wildman–Crippen LogP) is 6.39. The quantitative estimate of drug-likeness (QED) is 0.361. The van der Waals surface area contributed by atoms with Crippen molar-refractivity contribution in [1.82, 2.24) is 4.98 Å². The first-order chi connectivity index (χ1) is 16.0. The lowest BCUT2D eigenvalue weighted by Gasteiger charge is -2.14. The Hall–Kier alpha value is -2.91. The van der Waals surface area contributed by atoms with Crippen LogP contribution in [-0.2, 0) is 17.4 Å². The number of benzene rings is 2. The van der Waals surface area contributed by atoms with Gasteiger partial charge in [-0.2, -0.15) is 13.2 Å². The number of aliphatic hydroxyl groups excluding tert-OH is 1. The van der Waals surface area contributed by atoms with Crippen LogP contribution in [0.25, 0.3) is 10.6 Å². The Morgan fingerprint density at radius 3 is 2.38 bits per heavy atom. The fourth-order valence-electron chi connectivity index (χ4n) is 3.53. The molecule has 9 heteroatoms. The molecule has 0 fully saturated rings. The first-order valence-electron chi connectivity index (χ1n) is 10.8. The number of nitrogens with zero attached hydrogens (tertiary/aromatic N) is 1. The highest BCUT2D eigenvalue weighted by molar-refractivity contribution is 7.15. The normalized spacial score (nSPS) is 12.7. The molecular weight excluding hydrogens is 467 g/mol. The number of carbonyl (C=O) groups is 1. The SMILES string of the molecule is Cc1cc([C@H](O)CCc2sc(-c3ccc(C(F)(F)F)cc3)nc2C(C)C)ccc1OCC(=O)O. The van der Waals surface area contributed by atoms with Gasteiger partial charge in [-0.1, -0.05) is 32.0 Å². The Kier molecular flexibility index (Phi) is 7.99. The molecule has 0 aliphatic rings. The Morgan fingerprint density at radius 2 is 1.82 bits per heavy atom. The molecule has 0 bridgehead atoms. The third-order valence-corrected chi connectivity index (χ3v) is 6.49. The van der Waals surface area contributed by atoms with Crippen LogP contribution in [0.1, 0.15) is 59.6 Å². The van der Waals surface area contributed by atoms with Crippen LogP contribution < -0.4 is 4.74 Å². The van der Waals surface area contributed by atoms with Gasteiger partial charge in [-0.05, 0) is 61.1 Å². The summed E-state index contributed by atoms with van der Waals surface area (Å²) in [5.41, 5.74) is 2.22. The van der Waals surface area contributed by atoms with Gasteiger partial charge in [0.15, 0.2) is 6.61 Å². The van der Waals surface area contributed by atoms with Gasteiger partial charge >= 0.3 is 12.1 Å². The highest BCUT2D eigenvalue weighted by atomic mass is 32.1. The number of carboxylic acid groups (broad SMARTS) is 1. The maximum atomic E-state index is 12.9. The van der Waals surface area contributed by atoms with Gasteiger partial charge in [0.25, 0.3) is 0 Å². The number of aromatic nitrogens is 1. The van der Waals surface area contributed by atoms with Crippen LogP contribution in [0.3, 0.4) is 0 Å². The summed E-state index contributed by atoms with van der Waals surface area (Å²) in [6.07, 6.45) is -4.14. The number of aliphatic hydroxyl groups is 1. The first kappa shape index (κ1) is 25.7. The standard InChI is InChI=1S/C25H26F3NO4S/c1-14(2)23-21(34-24(29-23)16-4-7-18(8-5-16)25(26,27)28)11-9-19(30)17-6-10-20(15(3)12-17)33-13-22(31)32/h4-8,10,12,14,19,30H,9,11,13H2,1-3H3,(H,31,32)/t19-/m1/s1. The molecule has 3 rings (SSSR count). The van der Waals surface area contributed by atoms with Crippen molar-refractivity contribution >= 4 is 17.3 Å². The van der Waals surface area contributed by atoms with E-state index in [4.69, 9.17) is 9.84 Å². The van der Waals surface area contributed by atoms with Crippen LogP contribution in [0.5, 0.6) is 5.75 Å². The zero-order valence-electron chi connectivity index (χ0n) is 19.0. The highest BCUT2D eigenvalue weighted by Gasteiger charge is 2.30. The van der Waals surface area contributed by atoms with E-state index >= 15 is 0 Å². The number of alkyl halides is 3. The van der Waals surface area contributed by atoms with E-state index in [1.165, 1.54) is 23.5 Å². The number of rotatable bonds is 9. The topological polar surface area (TPSA) is 79.7 Å². The molecule has 34 heavy (non-hydrogen) atoms. The lowest BCUT2D eigenvalue weighted by Crippen LogP contribution is -2.10. The molecule has 2 N–H and O–H groups in total. The number of halogens is 3. The van der Waals surface area contributed by atoms with Crippen molar-refractivity contribution < 1.29 is 32.9 Å². The molecule has 0 radical (unpaired) electrons. The fourth-order valence-corrected chi connectivity index (χ4v) is 4.77. The van der Waals surface area contributed by atoms with Crippen LogP contribution in [0.4, 0.5) is 13.2 Å². The van der Waals surface area contributed by atoms with E-state index in [1.807, 2.05) is 13.8 Å². The molecule has 0 amide bonds. The largest absolute Gasteiger partial charge is 0.482 e. The van der Waals surface area contributed by atoms with Gasteiger partial charge in [-0.3, -0.25) is 0 Å².